The lowest BCUT2D eigenvalue weighted by Crippen LogP contribution is -2.00. The number of nitriles is 1. The molecular weight excluding hydrogens is 448 g/mol. The predicted octanol–water partition coefficient (Wildman–Crippen LogP) is 6.62. The fraction of sp³-hybridized carbons (Fsp3) is 0.133. The zero-order chi connectivity index (χ0) is 25.1. The minimum absolute atomic E-state index is 0.468. The van der Waals surface area contributed by atoms with E-state index in [1.165, 1.54) is 0 Å². The Hall–Kier alpha value is -4.76. The van der Waals surface area contributed by atoms with E-state index in [0.29, 0.717) is 18.0 Å². The predicted molar refractivity (Wildman–Crippen MR) is 142 cm³/mol. The summed E-state index contributed by atoms with van der Waals surface area (Å²) in [6.45, 7) is 4.64. The molecule has 2 heterocycles. The summed E-state index contributed by atoms with van der Waals surface area (Å²) in [5.74, 6) is 2.09. The summed E-state index contributed by atoms with van der Waals surface area (Å²) in [4.78, 5) is 7.84. The Kier molecular flexibility index (Phi) is 6.29. The number of benzene rings is 3. The van der Waals surface area contributed by atoms with Gasteiger partial charge in [0, 0.05) is 23.1 Å². The van der Waals surface area contributed by atoms with Crippen LogP contribution in [0.3, 0.4) is 0 Å². The van der Waals surface area contributed by atoms with Crippen LogP contribution < -0.4 is 9.47 Å². The normalized spacial score (nSPS) is 11.4. The molecule has 3 aromatic carbocycles. The maximum absolute atomic E-state index is 9.89. The number of hydrogen-bond donors (Lipinski definition) is 1. The van der Waals surface area contributed by atoms with Gasteiger partial charge in [-0.05, 0) is 73.5 Å². The lowest BCUT2D eigenvalue weighted by atomic mass is 10.1. The van der Waals surface area contributed by atoms with Gasteiger partial charge in [0.2, 0.25) is 0 Å². The van der Waals surface area contributed by atoms with E-state index in [1.807, 2.05) is 78.9 Å². The van der Waals surface area contributed by atoms with E-state index in [2.05, 4.69) is 40.5 Å². The first kappa shape index (κ1) is 23.0. The third-order valence-corrected chi connectivity index (χ3v) is 6.18. The Labute approximate surface area is 210 Å². The van der Waals surface area contributed by atoms with Crippen LogP contribution >= 0.6 is 0 Å². The Morgan fingerprint density at radius 3 is 2.47 bits per heavy atom. The van der Waals surface area contributed by atoms with E-state index in [4.69, 9.17) is 9.47 Å². The number of ether oxygens (including phenoxy) is 2. The fourth-order valence-electron chi connectivity index (χ4n) is 4.32. The molecule has 6 nitrogen and oxygen atoms in total. The molecule has 5 aromatic rings. The highest BCUT2D eigenvalue weighted by Gasteiger charge is 2.13. The second kappa shape index (κ2) is 9.85. The van der Waals surface area contributed by atoms with E-state index in [-0.39, 0.29) is 0 Å². The van der Waals surface area contributed by atoms with Gasteiger partial charge in [0.05, 0.1) is 23.7 Å². The first-order valence-electron chi connectivity index (χ1n) is 11.7. The van der Waals surface area contributed by atoms with Gasteiger partial charge in [-0.1, -0.05) is 30.3 Å². The molecule has 0 saturated heterocycles. The number of imidazole rings is 1. The molecular formula is C30H26N4O2. The van der Waals surface area contributed by atoms with Gasteiger partial charge in [-0.3, -0.25) is 0 Å². The summed E-state index contributed by atoms with van der Waals surface area (Å²) in [6, 6.07) is 28.2. The number of aromatic nitrogens is 3. The molecule has 0 amide bonds. The van der Waals surface area contributed by atoms with Crippen molar-refractivity contribution in [2.24, 2.45) is 0 Å². The molecule has 0 saturated carbocycles. The molecule has 2 aromatic heterocycles. The van der Waals surface area contributed by atoms with Gasteiger partial charge >= 0.3 is 0 Å². The van der Waals surface area contributed by atoms with E-state index in [1.54, 1.807) is 7.11 Å². The van der Waals surface area contributed by atoms with Crippen molar-refractivity contribution in [3.05, 3.63) is 107 Å². The summed E-state index contributed by atoms with van der Waals surface area (Å²) in [5.41, 5.74) is 7.32. The second-order valence-electron chi connectivity index (χ2n) is 8.57. The lowest BCUT2D eigenvalue weighted by molar-refractivity contribution is 0.306. The van der Waals surface area contributed by atoms with Crippen LogP contribution in [-0.4, -0.2) is 21.6 Å². The van der Waals surface area contributed by atoms with Gasteiger partial charge in [-0.25, -0.2) is 4.98 Å². The van der Waals surface area contributed by atoms with Gasteiger partial charge < -0.3 is 19.0 Å². The number of nitrogens with zero attached hydrogens (tertiary/aromatic N) is 3. The molecule has 0 atom stereocenters. The minimum atomic E-state index is 0.468. The Morgan fingerprint density at radius 2 is 1.75 bits per heavy atom. The zero-order valence-corrected chi connectivity index (χ0v) is 20.4. The Morgan fingerprint density at radius 1 is 1.00 bits per heavy atom. The summed E-state index contributed by atoms with van der Waals surface area (Å²) >= 11 is 0. The van der Waals surface area contributed by atoms with Gasteiger partial charge in [-0.15, -0.1) is 0 Å². The molecule has 5 rings (SSSR count). The number of aryl methyl sites for hydroxylation is 1. The van der Waals surface area contributed by atoms with E-state index < -0.39 is 0 Å². The minimum Gasteiger partial charge on any atom is -0.497 e. The van der Waals surface area contributed by atoms with Crippen LogP contribution in [-0.2, 0) is 6.61 Å². The molecule has 6 heteroatoms. The first-order valence-corrected chi connectivity index (χ1v) is 11.7. The zero-order valence-electron chi connectivity index (χ0n) is 20.4. The number of hydrogen-bond acceptors (Lipinski definition) is 4. The average Bonchev–Trinajstić information content (AvgIpc) is 3.46. The van der Waals surface area contributed by atoms with Crippen molar-refractivity contribution in [3.63, 3.8) is 0 Å². The molecule has 0 spiro atoms. The maximum atomic E-state index is 9.89. The van der Waals surface area contributed by atoms with Crippen molar-refractivity contribution < 1.29 is 9.47 Å². The largest absolute Gasteiger partial charge is 0.497 e. The second-order valence-corrected chi connectivity index (χ2v) is 8.57. The topological polar surface area (TPSA) is 75.9 Å². The van der Waals surface area contributed by atoms with Crippen molar-refractivity contribution in [3.8, 4) is 23.3 Å². The monoisotopic (exact) mass is 474 g/mol. The molecule has 0 aliphatic rings. The van der Waals surface area contributed by atoms with Crippen LogP contribution in [0.15, 0.2) is 78.9 Å². The van der Waals surface area contributed by atoms with Crippen LogP contribution in [0.1, 0.15) is 28.3 Å². The van der Waals surface area contributed by atoms with E-state index in [9.17, 15) is 5.26 Å². The molecule has 1 N–H and O–H groups in total. The molecule has 0 radical (unpaired) electrons. The number of aromatic amines is 1. The van der Waals surface area contributed by atoms with Crippen molar-refractivity contribution in [1.82, 2.24) is 14.5 Å². The molecule has 178 valence electrons. The number of methoxy groups -OCH3 is 1. The van der Waals surface area contributed by atoms with E-state index >= 15 is 0 Å². The van der Waals surface area contributed by atoms with Gasteiger partial charge in [0.15, 0.2) is 0 Å². The highest BCUT2D eigenvalue weighted by Crippen LogP contribution is 2.27. The molecule has 0 aliphatic carbocycles. The lowest BCUT2D eigenvalue weighted by Gasteiger charge is -2.11. The molecule has 0 aliphatic heterocycles. The van der Waals surface area contributed by atoms with Crippen LogP contribution in [0.2, 0.25) is 0 Å². The smallest absolute Gasteiger partial charge is 0.149 e. The van der Waals surface area contributed by atoms with Gasteiger partial charge in [0.25, 0.3) is 0 Å². The Balaban J connectivity index is 1.40. The fourth-order valence-corrected chi connectivity index (χ4v) is 4.32. The molecule has 36 heavy (non-hydrogen) atoms. The van der Waals surface area contributed by atoms with Crippen molar-refractivity contribution >= 4 is 22.7 Å². The molecule has 0 fully saturated rings. The Bertz CT molecular complexity index is 1590. The van der Waals surface area contributed by atoms with Crippen LogP contribution in [0, 0.1) is 25.2 Å². The quantitative estimate of drug-likeness (QED) is 0.269. The summed E-state index contributed by atoms with van der Waals surface area (Å²) in [6.07, 6.45) is 1.88. The van der Waals surface area contributed by atoms with Crippen LogP contribution in [0.4, 0.5) is 0 Å². The summed E-state index contributed by atoms with van der Waals surface area (Å²) in [5, 5.41) is 9.89. The number of fused-ring (bicyclic) bond motifs is 1. The standard InChI is InChI=1S/C30H26N4O2/c1-20-15-23(16-24(18-31)30-32-28-14-13-27(35-3)17-29(28)33-30)21(2)34(20)25-9-11-26(12-10-25)36-19-22-7-5-4-6-8-22/h4-17H,19H2,1-3H3,(H,32,33)/b24-16-. The van der Waals surface area contributed by atoms with Gasteiger partial charge in [0.1, 0.15) is 30.0 Å². The number of H-pyrrole nitrogens is 1. The number of rotatable bonds is 7. The third-order valence-electron chi connectivity index (χ3n) is 6.18. The SMILES string of the molecule is COc1ccc2nc(/C(C#N)=C\c3cc(C)n(-c4ccc(OCc5ccccc5)cc4)c3C)[nH]c2c1. The van der Waals surface area contributed by atoms with Crippen LogP contribution in [0.5, 0.6) is 11.5 Å². The maximum Gasteiger partial charge on any atom is 0.149 e. The number of allylic oxidation sites excluding steroid dienone is 1. The summed E-state index contributed by atoms with van der Waals surface area (Å²) in [7, 11) is 1.63. The first-order chi connectivity index (χ1) is 17.6. The third kappa shape index (κ3) is 4.59. The van der Waals surface area contributed by atoms with Crippen molar-refractivity contribution in [1.29, 1.82) is 5.26 Å². The molecule has 0 unspecified atom stereocenters. The highest BCUT2D eigenvalue weighted by atomic mass is 16.5. The van der Waals surface area contributed by atoms with Crippen molar-refractivity contribution in [2.45, 2.75) is 20.5 Å². The average molecular weight is 475 g/mol. The highest BCUT2D eigenvalue weighted by molar-refractivity contribution is 5.91. The van der Waals surface area contributed by atoms with Crippen LogP contribution in [0.25, 0.3) is 28.4 Å². The number of nitrogens with one attached hydrogen (secondary N) is 1. The van der Waals surface area contributed by atoms with E-state index in [0.717, 1.165) is 50.7 Å². The van der Waals surface area contributed by atoms with Gasteiger partial charge in [-0.2, -0.15) is 5.26 Å². The summed E-state index contributed by atoms with van der Waals surface area (Å²) < 4.78 is 13.4. The van der Waals surface area contributed by atoms with Crippen molar-refractivity contribution in [2.75, 3.05) is 7.11 Å². The molecule has 0 bridgehead atoms.